The van der Waals surface area contributed by atoms with Gasteiger partial charge in [-0.1, -0.05) is 30.3 Å². The van der Waals surface area contributed by atoms with Gasteiger partial charge in [-0.2, -0.15) is 5.10 Å². The first-order valence-corrected chi connectivity index (χ1v) is 9.78. The summed E-state index contributed by atoms with van der Waals surface area (Å²) in [6.07, 6.45) is 7.15. The maximum atomic E-state index is 12.1. The summed E-state index contributed by atoms with van der Waals surface area (Å²) in [5, 5.41) is 8.10. The highest BCUT2D eigenvalue weighted by Gasteiger charge is 2.24. The first-order valence-electron chi connectivity index (χ1n) is 9.78. The van der Waals surface area contributed by atoms with Crippen LogP contribution in [-0.2, 0) is 4.74 Å². The lowest BCUT2D eigenvalue weighted by atomic mass is 10.0. The molecule has 0 unspecified atom stereocenters. The molecule has 1 N–H and O–H groups in total. The number of carbonyl (C=O) groups is 1. The lowest BCUT2D eigenvalue weighted by Crippen LogP contribution is -2.32. The van der Waals surface area contributed by atoms with Crippen LogP contribution in [0.15, 0.2) is 55.0 Å². The van der Waals surface area contributed by atoms with Crippen LogP contribution in [0, 0.1) is 0 Å². The Labute approximate surface area is 170 Å². The third kappa shape index (κ3) is 4.00. The van der Waals surface area contributed by atoms with Crippen LogP contribution in [0.25, 0.3) is 11.3 Å². The lowest BCUT2D eigenvalue weighted by molar-refractivity contribution is 0.0602. The summed E-state index contributed by atoms with van der Waals surface area (Å²) in [6.45, 7) is 2.10. The quantitative estimate of drug-likeness (QED) is 0.668. The zero-order valence-electron chi connectivity index (χ0n) is 16.7. The van der Waals surface area contributed by atoms with Gasteiger partial charge in [0, 0.05) is 11.8 Å². The van der Waals surface area contributed by atoms with Crippen LogP contribution in [0.1, 0.15) is 29.2 Å². The Morgan fingerprint density at radius 3 is 2.59 bits per heavy atom. The molecular weight excluding hydrogens is 366 g/mol. The van der Waals surface area contributed by atoms with Crippen molar-refractivity contribution >= 4 is 17.3 Å². The Hall–Kier alpha value is -3.19. The maximum Gasteiger partial charge on any atom is 0.340 e. The monoisotopic (exact) mass is 391 g/mol. The first kappa shape index (κ1) is 19.1. The van der Waals surface area contributed by atoms with Crippen molar-refractivity contribution in [3.8, 4) is 11.3 Å². The number of piperidine rings is 1. The molecule has 0 radical (unpaired) electrons. The van der Waals surface area contributed by atoms with E-state index in [4.69, 9.17) is 9.84 Å². The van der Waals surface area contributed by atoms with Crippen molar-refractivity contribution in [1.82, 2.24) is 19.7 Å². The van der Waals surface area contributed by atoms with E-state index in [1.54, 1.807) is 18.5 Å². The fourth-order valence-electron chi connectivity index (χ4n) is 3.78. The van der Waals surface area contributed by atoms with Crippen molar-refractivity contribution in [3.05, 3.63) is 60.6 Å². The standard InChI is InChI=1S/C22H25N5O2/c1-26-12-9-17(10-13-26)27-21(16-6-4-3-5-7-16)20(15-24-27)25-19-14-23-11-8-18(19)22(28)29-2/h3-8,11,14-15,17,25H,9-10,12-13H2,1-2H3. The second-order valence-electron chi connectivity index (χ2n) is 7.29. The van der Waals surface area contributed by atoms with E-state index in [0.29, 0.717) is 17.3 Å². The number of aromatic nitrogens is 3. The van der Waals surface area contributed by atoms with E-state index in [-0.39, 0.29) is 0 Å². The van der Waals surface area contributed by atoms with Crippen LogP contribution in [0.2, 0.25) is 0 Å². The number of nitrogens with one attached hydrogen (secondary N) is 1. The molecule has 1 aromatic carbocycles. The Morgan fingerprint density at radius 1 is 1.10 bits per heavy atom. The molecule has 4 rings (SSSR count). The number of rotatable bonds is 5. The summed E-state index contributed by atoms with van der Waals surface area (Å²) in [7, 11) is 3.53. The van der Waals surface area contributed by atoms with Crippen LogP contribution in [0.5, 0.6) is 0 Å². The van der Waals surface area contributed by atoms with Crippen LogP contribution in [-0.4, -0.2) is 52.9 Å². The topological polar surface area (TPSA) is 72.3 Å². The Bertz CT molecular complexity index is 978. The molecule has 0 amide bonds. The van der Waals surface area contributed by atoms with Gasteiger partial charge in [-0.05, 0) is 39.0 Å². The molecule has 2 aromatic heterocycles. The van der Waals surface area contributed by atoms with E-state index in [2.05, 4.69) is 39.1 Å². The lowest BCUT2D eigenvalue weighted by Gasteiger charge is -2.30. The maximum absolute atomic E-state index is 12.1. The first-order chi connectivity index (χ1) is 14.2. The van der Waals surface area contributed by atoms with E-state index >= 15 is 0 Å². The summed E-state index contributed by atoms with van der Waals surface area (Å²) in [4.78, 5) is 18.7. The molecule has 0 atom stereocenters. The number of likely N-dealkylation sites (tertiary alicyclic amines) is 1. The Balaban J connectivity index is 1.74. The van der Waals surface area contributed by atoms with Crippen LogP contribution in [0.3, 0.4) is 0 Å². The van der Waals surface area contributed by atoms with E-state index in [1.165, 1.54) is 7.11 Å². The summed E-state index contributed by atoms with van der Waals surface area (Å²) in [5.41, 5.74) is 3.97. The van der Waals surface area contributed by atoms with E-state index in [9.17, 15) is 4.79 Å². The largest absolute Gasteiger partial charge is 0.465 e. The molecule has 150 valence electrons. The minimum Gasteiger partial charge on any atom is -0.465 e. The number of pyridine rings is 1. The van der Waals surface area contributed by atoms with Gasteiger partial charge >= 0.3 is 5.97 Å². The Morgan fingerprint density at radius 2 is 1.86 bits per heavy atom. The van der Waals surface area contributed by atoms with Crippen LogP contribution in [0.4, 0.5) is 11.4 Å². The van der Waals surface area contributed by atoms with E-state index < -0.39 is 5.97 Å². The highest BCUT2D eigenvalue weighted by atomic mass is 16.5. The molecule has 1 aliphatic rings. The van der Waals surface area contributed by atoms with Crippen molar-refractivity contribution in [3.63, 3.8) is 0 Å². The molecule has 1 saturated heterocycles. The van der Waals surface area contributed by atoms with Gasteiger partial charge in [0.25, 0.3) is 0 Å². The second kappa shape index (κ2) is 8.45. The van der Waals surface area contributed by atoms with Gasteiger partial charge in [0.1, 0.15) is 0 Å². The molecule has 3 aromatic rings. The van der Waals surface area contributed by atoms with Gasteiger partial charge in [-0.3, -0.25) is 9.67 Å². The number of anilines is 2. The fourth-order valence-corrected chi connectivity index (χ4v) is 3.78. The summed E-state index contributed by atoms with van der Waals surface area (Å²) < 4.78 is 7.03. The summed E-state index contributed by atoms with van der Waals surface area (Å²) >= 11 is 0. The summed E-state index contributed by atoms with van der Waals surface area (Å²) in [6, 6.07) is 12.2. The third-order valence-electron chi connectivity index (χ3n) is 5.37. The zero-order chi connectivity index (χ0) is 20.2. The number of ether oxygens (including phenoxy) is 1. The molecule has 0 saturated carbocycles. The molecule has 29 heavy (non-hydrogen) atoms. The number of methoxy groups -OCH3 is 1. The molecule has 0 bridgehead atoms. The van der Waals surface area contributed by atoms with Gasteiger partial charge in [0.15, 0.2) is 0 Å². The van der Waals surface area contributed by atoms with E-state index in [1.807, 2.05) is 24.4 Å². The highest BCUT2D eigenvalue weighted by Crippen LogP contribution is 2.35. The van der Waals surface area contributed by atoms with E-state index in [0.717, 1.165) is 42.9 Å². The smallest absolute Gasteiger partial charge is 0.340 e. The number of hydrogen-bond donors (Lipinski definition) is 1. The molecule has 1 aliphatic heterocycles. The van der Waals surface area contributed by atoms with Crippen molar-refractivity contribution < 1.29 is 9.53 Å². The number of carbonyl (C=O) groups excluding carboxylic acids is 1. The normalized spacial score (nSPS) is 15.2. The third-order valence-corrected chi connectivity index (χ3v) is 5.37. The average molecular weight is 391 g/mol. The molecule has 0 aliphatic carbocycles. The predicted octanol–water partition coefficient (Wildman–Crippen LogP) is 3.74. The molecule has 3 heterocycles. The minimum absolute atomic E-state index is 0.339. The van der Waals surface area contributed by atoms with Crippen molar-refractivity contribution in [2.75, 3.05) is 32.6 Å². The SMILES string of the molecule is COC(=O)c1ccncc1Nc1cnn(C2CCN(C)CC2)c1-c1ccccc1. The van der Waals surface area contributed by atoms with Gasteiger partial charge in [-0.25, -0.2) is 4.79 Å². The minimum atomic E-state index is -0.404. The zero-order valence-corrected chi connectivity index (χ0v) is 16.7. The molecule has 7 heteroatoms. The van der Waals surface area contributed by atoms with Crippen LogP contribution < -0.4 is 5.32 Å². The molecule has 0 spiro atoms. The molecule has 1 fully saturated rings. The summed E-state index contributed by atoms with van der Waals surface area (Å²) in [5.74, 6) is -0.404. The van der Waals surface area contributed by atoms with Crippen molar-refractivity contribution in [2.45, 2.75) is 18.9 Å². The van der Waals surface area contributed by atoms with Crippen molar-refractivity contribution in [1.29, 1.82) is 0 Å². The number of benzene rings is 1. The average Bonchev–Trinajstić information content (AvgIpc) is 3.18. The predicted molar refractivity (Wildman–Crippen MR) is 112 cm³/mol. The second-order valence-corrected chi connectivity index (χ2v) is 7.29. The fraction of sp³-hybridized carbons (Fsp3) is 0.318. The Kier molecular flexibility index (Phi) is 5.57. The van der Waals surface area contributed by atoms with Gasteiger partial charge in [0.05, 0.1) is 48.2 Å². The number of esters is 1. The number of hydrogen-bond acceptors (Lipinski definition) is 6. The van der Waals surface area contributed by atoms with Gasteiger partial charge in [0.2, 0.25) is 0 Å². The van der Waals surface area contributed by atoms with Gasteiger partial charge in [-0.15, -0.1) is 0 Å². The number of nitrogens with zero attached hydrogens (tertiary/aromatic N) is 4. The van der Waals surface area contributed by atoms with Gasteiger partial charge < -0.3 is 15.0 Å². The van der Waals surface area contributed by atoms with Crippen LogP contribution >= 0.6 is 0 Å². The molecular formula is C22H25N5O2. The molecule has 7 nitrogen and oxygen atoms in total. The van der Waals surface area contributed by atoms with Crippen molar-refractivity contribution in [2.24, 2.45) is 0 Å². The highest BCUT2D eigenvalue weighted by molar-refractivity contribution is 5.96.